The van der Waals surface area contributed by atoms with Crippen molar-refractivity contribution in [1.82, 2.24) is 8.97 Å². The fourth-order valence-electron chi connectivity index (χ4n) is 3.13. The number of benzene rings is 2. The average molecular weight is 316 g/mol. The predicted octanol–water partition coefficient (Wildman–Crippen LogP) is 3.96. The Bertz CT molecular complexity index is 1140. The zero-order valence-electron chi connectivity index (χ0n) is 12.1. The zero-order chi connectivity index (χ0) is 16.4. The van der Waals surface area contributed by atoms with Gasteiger partial charge in [0.25, 0.3) is 5.56 Å². The van der Waals surface area contributed by atoms with E-state index < -0.39 is 17.3 Å². The molecule has 2 aromatic heterocycles. The summed E-state index contributed by atoms with van der Waals surface area (Å²) in [7, 11) is 1.38. The lowest BCUT2D eigenvalue weighted by molar-refractivity contribution is -0.136. The normalized spacial score (nSPS) is 12.5. The van der Waals surface area contributed by atoms with Gasteiger partial charge in [-0.15, -0.1) is 0 Å². The van der Waals surface area contributed by atoms with Crippen molar-refractivity contribution in [3.63, 3.8) is 0 Å². The number of para-hydroxylation sites is 1. The molecule has 23 heavy (non-hydrogen) atoms. The first-order valence-corrected chi connectivity index (χ1v) is 6.98. The summed E-state index contributed by atoms with van der Waals surface area (Å²) in [5.74, 6) is 0. The van der Waals surface area contributed by atoms with Crippen LogP contribution in [0, 0.1) is 0 Å². The maximum atomic E-state index is 13.3. The van der Waals surface area contributed by atoms with Crippen LogP contribution in [0.2, 0.25) is 0 Å². The molecule has 116 valence electrons. The highest BCUT2D eigenvalue weighted by molar-refractivity contribution is 6.00. The Morgan fingerprint density at radius 2 is 1.70 bits per heavy atom. The molecule has 0 aliphatic rings. The molecule has 4 rings (SSSR count). The van der Waals surface area contributed by atoms with Gasteiger partial charge in [-0.1, -0.05) is 30.3 Å². The molecule has 0 atom stereocenters. The Kier molecular flexibility index (Phi) is 2.64. The smallest absolute Gasteiger partial charge is 0.309 e. The first kappa shape index (κ1) is 13.9. The van der Waals surface area contributed by atoms with Crippen molar-refractivity contribution >= 4 is 27.3 Å². The monoisotopic (exact) mass is 316 g/mol. The van der Waals surface area contributed by atoms with Gasteiger partial charge in [0.15, 0.2) is 0 Å². The van der Waals surface area contributed by atoms with E-state index in [-0.39, 0.29) is 5.52 Å². The van der Waals surface area contributed by atoms with E-state index in [4.69, 9.17) is 0 Å². The van der Waals surface area contributed by atoms with Gasteiger partial charge in [-0.3, -0.25) is 4.79 Å². The molecule has 0 unspecified atom stereocenters. The van der Waals surface area contributed by atoms with Crippen LogP contribution < -0.4 is 5.56 Å². The molecule has 0 aliphatic carbocycles. The maximum Gasteiger partial charge on any atom is 0.418 e. The van der Waals surface area contributed by atoms with Crippen molar-refractivity contribution in [1.29, 1.82) is 0 Å². The van der Waals surface area contributed by atoms with Crippen molar-refractivity contribution in [3.05, 3.63) is 64.6 Å². The molecule has 0 N–H and O–H groups in total. The molecule has 6 heteroatoms. The van der Waals surface area contributed by atoms with Gasteiger partial charge in [0.05, 0.1) is 16.6 Å². The summed E-state index contributed by atoms with van der Waals surface area (Å²) in [6.07, 6.45) is -2.82. The number of aromatic nitrogens is 2. The lowest BCUT2D eigenvalue weighted by Crippen LogP contribution is -2.22. The third kappa shape index (κ3) is 1.81. The van der Waals surface area contributed by atoms with E-state index in [1.165, 1.54) is 13.1 Å². The molecule has 0 spiro atoms. The Morgan fingerprint density at radius 3 is 2.43 bits per heavy atom. The van der Waals surface area contributed by atoms with Crippen LogP contribution in [0.1, 0.15) is 5.56 Å². The summed E-state index contributed by atoms with van der Waals surface area (Å²) in [6.45, 7) is 0. The number of fused-ring (bicyclic) bond motifs is 5. The summed E-state index contributed by atoms with van der Waals surface area (Å²) < 4.78 is 42.6. The van der Waals surface area contributed by atoms with Crippen LogP contribution >= 0.6 is 0 Å². The SMILES string of the molecule is Cn1c(=O)c2c3ccccc3cn2c2cccc(C(F)(F)F)c21. The third-order valence-electron chi connectivity index (χ3n) is 4.15. The minimum atomic E-state index is -4.52. The number of rotatable bonds is 0. The number of aryl methyl sites for hydroxylation is 1. The van der Waals surface area contributed by atoms with E-state index >= 15 is 0 Å². The van der Waals surface area contributed by atoms with E-state index in [1.807, 2.05) is 12.1 Å². The topological polar surface area (TPSA) is 26.4 Å². The highest BCUT2D eigenvalue weighted by Gasteiger charge is 2.34. The van der Waals surface area contributed by atoms with E-state index in [2.05, 4.69) is 0 Å². The zero-order valence-corrected chi connectivity index (χ0v) is 12.1. The quantitative estimate of drug-likeness (QED) is 0.482. The standard InChI is InChI=1S/C17H11F3N2O/c1-21-15-12(17(18,19)20)7-4-8-13(15)22-9-10-5-2-3-6-11(10)14(22)16(21)23/h2-9H,1H3. The molecule has 0 saturated heterocycles. The molecule has 0 saturated carbocycles. The highest BCUT2D eigenvalue weighted by Crippen LogP contribution is 2.35. The van der Waals surface area contributed by atoms with Gasteiger partial charge in [-0.05, 0) is 12.1 Å². The molecule has 0 fully saturated rings. The second kappa shape index (κ2) is 4.38. The van der Waals surface area contributed by atoms with Crippen LogP contribution in [0.5, 0.6) is 0 Å². The van der Waals surface area contributed by atoms with Gasteiger partial charge in [-0.2, -0.15) is 13.2 Å². The van der Waals surface area contributed by atoms with Crippen LogP contribution in [0.3, 0.4) is 0 Å². The van der Waals surface area contributed by atoms with Crippen molar-refractivity contribution in [3.8, 4) is 0 Å². The van der Waals surface area contributed by atoms with Gasteiger partial charge < -0.3 is 8.97 Å². The molecule has 0 radical (unpaired) electrons. The van der Waals surface area contributed by atoms with Crippen molar-refractivity contribution in [2.24, 2.45) is 7.05 Å². The van der Waals surface area contributed by atoms with E-state index in [0.29, 0.717) is 11.0 Å². The average Bonchev–Trinajstić information content (AvgIpc) is 2.91. The number of alkyl halides is 3. The van der Waals surface area contributed by atoms with Crippen molar-refractivity contribution in [2.45, 2.75) is 6.18 Å². The number of nitrogens with zero attached hydrogens (tertiary/aromatic N) is 2. The largest absolute Gasteiger partial charge is 0.418 e. The van der Waals surface area contributed by atoms with Gasteiger partial charge >= 0.3 is 6.18 Å². The molecular formula is C17H11F3N2O. The van der Waals surface area contributed by atoms with Gasteiger partial charge in [-0.25, -0.2) is 0 Å². The highest BCUT2D eigenvalue weighted by atomic mass is 19.4. The van der Waals surface area contributed by atoms with Crippen molar-refractivity contribution in [2.75, 3.05) is 0 Å². The van der Waals surface area contributed by atoms with Gasteiger partial charge in [0.1, 0.15) is 5.52 Å². The lowest BCUT2D eigenvalue weighted by Gasteiger charge is -2.14. The Hall–Kier alpha value is -2.76. The molecule has 3 nitrogen and oxygen atoms in total. The maximum absolute atomic E-state index is 13.3. The fourth-order valence-corrected chi connectivity index (χ4v) is 3.13. The van der Waals surface area contributed by atoms with Gasteiger partial charge in [0.2, 0.25) is 0 Å². The molecule has 4 aromatic rings. The van der Waals surface area contributed by atoms with Crippen LogP contribution in [0.4, 0.5) is 13.2 Å². The second-order valence-corrected chi connectivity index (χ2v) is 5.47. The molecule has 0 amide bonds. The van der Waals surface area contributed by atoms with E-state index in [1.54, 1.807) is 28.8 Å². The number of hydrogen-bond donors (Lipinski definition) is 0. The molecule has 0 aliphatic heterocycles. The van der Waals surface area contributed by atoms with Crippen LogP contribution in [0.15, 0.2) is 53.5 Å². The third-order valence-corrected chi connectivity index (χ3v) is 4.15. The summed E-state index contributed by atoms with van der Waals surface area (Å²) in [4.78, 5) is 12.7. The van der Waals surface area contributed by atoms with E-state index in [9.17, 15) is 18.0 Å². The summed E-state index contributed by atoms with van der Waals surface area (Å²) >= 11 is 0. The first-order chi connectivity index (χ1) is 10.9. The first-order valence-electron chi connectivity index (χ1n) is 6.98. The predicted molar refractivity (Wildman–Crippen MR) is 82.7 cm³/mol. The Morgan fingerprint density at radius 1 is 0.957 bits per heavy atom. The minimum absolute atomic E-state index is 0.113. The van der Waals surface area contributed by atoms with Crippen LogP contribution in [-0.4, -0.2) is 8.97 Å². The van der Waals surface area contributed by atoms with E-state index in [0.717, 1.165) is 21.4 Å². The van der Waals surface area contributed by atoms with Crippen molar-refractivity contribution < 1.29 is 13.2 Å². The minimum Gasteiger partial charge on any atom is -0.309 e. The fraction of sp³-hybridized carbons (Fsp3) is 0.118. The molecule has 2 heterocycles. The summed E-state index contributed by atoms with van der Waals surface area (Å²) in [5, 5.41) is 1.54. The second-order valence-electron chi connectivity index (χ2n) is 5.47. The molecule has 0 bridgehead atoms. The summed E-state index contributed by atoms with van der Waals surface area (Å²) in [5.41, 5.74) is -0.634. The van der Waals surface area contributed by atoms with Gasteiger partial charge in [0, 0.05) is 24.0 Å². The summed E-state index contributed by atoms with van der Waals surface area (Å²) in [6, 6.07) is 11.2. The Labute approximate surface area is 128 Å². The Balaban J connectivity index is 2.35. The number of hydrogen-bond acceptors (Lipinski definition) is 1. The molecule has 2 aromatic carbocycles. The lowest BCUT2D eigenvalue weighted by atomic mass is 10.1. The number of halogens is 3. The van der Waals surface area contributed by atoms with Crippen LogP contribution in [0.25, 0.3) is 27.3 Å². The molecular weight excluding hydrogens is 305 g/mol. The van der Waals surface area contributed by atoms with Crippen LogP contribution in [-0.2, 0) is 13.2 Å².